The number of rotatable bonds is 8. The van der Waals surface area contributed by atoms with Gasteiger partial charge in [0.05, 0.1) is 12.1 Å². The highest BCUT2D eigenvalue weighted by Crippen LogP contribution is 2.45. The first-order chi connectivity index (χ1) is 15.4. The van der Waals surface area contributed by atoms with Gasteiger partial charge < -0.3 is 15.6 Å². The molecule has 7 heteroatoms. The Morgan fingerprint density at radius 2 is 2.06 bits per heavy atom. The number of phenolic OH excluding ortho intramolecular Hbond substituents is 1. The van der Waals surface area contributed by atoms with Crippen molar-refractivity contribution in [2.75, 3.05) is 13.7 Å². The van der Waals surface area contributed by atoms with Gasteiger partial charge in [0, 0.05) is 29.7 Å². The van der Waals surface area contributed by atoms with E-state index in [0.717, 1.165) is 12.0 Å². The number of amides is 1. The molecule has 3 N–H and O–H groups in total. The molecule has 0 bridgehead atoms. The summed E-state index contributed by atoms with van der Waals surface area (Å²) < 4.78 is 5.48. The van der Waals surface area contributed by atoms with Gasteiger partial charge in [-0.25, -0.2) is 0 Å². The molecule has 1 saturated carbocycles. The number of methoxy groups -OCH3 is 1. The van der Waals surface area contributed by atoms with Crippen molar-refractivity contribution >= 4 is 29.5 Å². The summed E-state index contributed by atoms with van der Waals surface area (Å²) in [6, 6.07) is 0. The van der Waals surface area contributed by atoms with E-state index in [2.05, 4.69) is 24.9 Å². The molecule has 2 rings (SSSR count). The van der Waals surface area contributed by atoms with Gasteiger partial charge in [-0.2, -0.15) is 0 Å². The number of allylic oxidation sites excluding steroid dienone is 4. The number of carbonyl (C=O) groups is 2. The second kappa shape index (κ2) is 11.0. The molecule has 0 heterocycles. The van der Waals surface area contributed by atoms with Gasteiger partial charge in [-0.15, -0.1) is 0 Å². The molecular formula is C26H35ClN2O4. The number of carbonyl (C=O) groups excluding carboxylic acids is 2. The summed E-state index contributed by atoms with van der Waals surface area (Å²) in [7, 11) is 1.50. The van der Waals surface area contributed by atoms with Crippen molar-refractivity contribution in [1.82, 2.24) is 0 Å². The Hall–Kier alpha value is -2.60. The number of ketones is 1. The van der Waals surface area contributed by atoms with Gasteiger partial charge >= 0.3 is 0 Å². The van der Waals surface area contributed by atoms with Gasteiger partial charge in [0.2, 0.25) is 5.91 Å². The van der Waals surface area contributed by atoms with Crippen molar-refractivity contribution in [2.24, 2.45) is 28.0 Å². The summed E-state index contributed by atoms with van der Waals surface area (Å²) >= 11 is 6.50. The van der Waals surface area contributed by atoms with E-state index in [4.69, 9.17) is 22.1 Å². The number of phenols is 1. The van der Waals surface area contributed by atoms with Crippen LogP contribution < -0.4 is 10.5 Å². The fourth-order valence-corrected chi connectivity index (χ4v) is 4.56. The lowest BCUT2D eigenvalue weighted by Crippen LogP contribution is -2.40. The highest BCUT2D eigenvalue weighted by molar-refractivity contribution is 6.33. The van der Waals surface area contributed by atoms with Crippen LogP contribution in [-0.2, 0) is 16.0 Å². The minimum atomic E-state index is -0.564. The lowest BCUT2D eigenvalue weighted by atomic mass is 9.61. The van der Waals surface area contributed by atoms with Gasteiger partial charge in [0.15, 0.2) is 0 Å². The Labute approximate surface area is 201 Å². The molecule has 0 radical (unpaired) electrons. The fraction of sp³-hybridized carbons (Fsp3) is 0.500. The van der Waals surface area contributed by atoms with Crippen LogP contribution in [0.3, 0.4) is 0 Å². The molecule has 1 aromatic carbocycles. The molecule has 0 unspecified atom stereocenters. The maximum atomic E-state index is 12.3. The molecule has 0 saturated heterocycles. The number of aromatic hydroxyl groups is 1. The number of nitrogens with zero attached hydrogens (tertiary/aromatic N) is 1. The van der Waals surface area contributed by atoms with E-state index in [1.807, 2.05) is 26.0 Å². The predicted molar refractivity (Wildman–Crippen MR) is 133 cm³/mol. The lowest BCUT2D eigenvalue weighted by molar-refractivity contribution is -0.129. The lowest BCUT2D eigenvalue weighted by Gasteiger charge is -2.42. The highest BCUT2D eigenvalue weighted by Gasteiger charge is 2.41. The zero-order valence-electron chi connectivity index (χ0n) is 20.4. The van der Waals surface area contributed by atoms with Crippen LogP contribution in [0.4, 0.5) is 0 Å². The van der Waals surface area contributed by atoms with Crippen LogP contribution in [0.5, 0.6) is 11.5 Å². The van der Waals surface area contributed by atoms with Crippen LogP contribution in [0.1, 0.15) is 57.2 Å². The molecule has 3 atom stereocenters. The molecule has 33 heavy (non-hydrogen) atoms. The number of hydrogen-bond acceptors (Lipinski definition) is 5. The molecule has 1 fully saturated rings. The van der Waals surface area contributed by atoms with Crippen molar-refractivity contribution in [3.63, 3.8) is 0 Å². The third kappa shape index (κ3) is 5.85. The molecule has 1 aromatic rings. The minimum Gasteiger partial charge on any atom is -0.507 e. The summed E-state index contributed by atoms with van der Waals surface area (Å²) in [5, 5.41) is 11.3. The zero-order valence-corrected chi connectivity index (χ0v) is 21.1. The van der Waals surface area contributed by atoms with Crippen molar-refractivity contribution in [1.29, 1.82) is 0 Å². The number of hydrogen-bond donors (Lipinski definition) is 2. The molecule has 0 spiro atoms. The second-order valence-corrected chi connectivity index (χ2v) is 9.51. The first-order valence-electron chi connectivity index (χ1n) is 11.2. The maximum absolute atomic E-state index is 12.3. The Bertz CT molecular complexity index is 1010. The molecule has 1 amide bonds. The van der Waals surface area contributed by atoms with Gasteiger partial charge in [-0.05, 0) is 43.6 Å². The SMILES string of the molecule is COc1c(Cl)c(C)c(C=NCC(N)=O)c(O)c1C/C=C(C)/C=C/[C@@]1(C)[C@H](C)CCC(=O)[C@@H]1C. The second-order valence-electron chi connectivity index (χ2n) is 9.13. The number of benzene rings is 1. The van der Waals surface area contributed by atoms with Crippen molar-refractivity contribution in [3.8, 4) is 11.5 Å². The first kappa shape index (κ1) is 26.7. The molecule has 1 aliphatic carbocycles. The molecule has 6 nitrogen and oxygen atoms in total. The van der Waals surface area contributed by atoms with Crippen LogP contribution >= 0.6 is 11.6 Å². The summed E-state index contributed by atoms with van der Waals surface area (Å²) in [5.74, 6) is 0.548. The minimum absolute atomic E-state index is 0.00193. The van der Waals surface area contributed by atoms with E-state index >= 15 is 0 Å². The van der Waals surface area contributed by atoms with Gasteiger partial charge in [0.25, 0.3) is 0 Å². The molecule has 0 aliphatic heterocycles. The van der Waals surface area contributed by atoms with Gasteiger partial charge in [0.1, 0.15) is 23.8 Å². The molecule has 1 aliphatic rings. The van der Waals surface area contributed by atoms with E-state index in [1.165, 1.54) is 13.3 Å². The number of ether oxygens (including phenoxy) is 1. The highest BCUT2D eigenvalue weighted by atomic mass is 35.5. The van der Waals surface area contributed by atoms with Gasteiger partial charge in [-0.3, -0.25) is 14.6 Å². The van der Waals surface area contributed by atoms with E-state index in [9.17, 15) is 14.7 Å². The van der Waals surface area contributed by atoms with Crippen LogP contribution in [0.2, 0.25) is 5.02 Å². The number of primary amides is 1. The number of Topliss-reactive ketones (excluding diaryl/α,β-unsaturated/α-hetero) is 1. The smallest absolute Gasteiger partial charge is 0.239 e. The Morgan fingerprint density at radius 1 is 1.39 bits per heavy atom. The van der Waals surface area contributed by atoms with Crippen LogP contribution in [0.25, 0.3) is 0 Å². The zero-order chi connectivity index (χ0) is 24.9. The fourth-order valence-electron chi connectivity index (χ4n) is 4.27. The van der Waals surface area contributed by atoms with Crippen molar-refractivity contribution in [2.45, 2.75) is 53.9 Å². The third-order valence-electron chi connectivity index (χ3n) is 7.05. The average Bonchev–Trinajstić information content (AvgIpc) is 2.77. The standard InChI is InChI=1S/C26H35ClN2O4/c1-15(11-12-26(5)16(2)8-10-21(30)18(26)4)7-9-19-24(32)20(13-29-14-22(28)31)17(3)23(27)25(19)33-6/h7,11-13,16,18,32H,8-10,14H2,1-6H3,(H2,28,31)/b12-11+,15-7+,29-13?/t16-,18+,26+/m1/s1. The number of halogens is 1. The van der Waals surface area contributed by atoms with Crippen molar-refractivity contribution in [3.05, 3.63) is 45.5 Å². The average molecular weight is 475 g/mol. The van der Waals surface area contributed by atoms with E-state index in [-0.39, 0.29) is 23.6 Å². The maximum Gasteiger partial charge on any atom is 0.239 e. The Kier molecular flexibility index (Phi) is 8.89. The topological polar surface area (TPSA) is 102 Å². The molecule has 180 valence electrons. The van der Waals surface area contributed by atoms with E-state index in [0.29, 0.717) is 52.0 Å². The van der Waals surface area contributed by atoms with Crippen molar-refractivity contribution < 1.29 is 19.4 Å². The Balaban J connectivity index is 2.36. The van der Waals surface area contributed by atoms with Gasteiger partial charge in [-0.1, -0.05) is 56.2 Å². The number of nitrogens with two attached hydrogens (primary N) is 1. The van der Waals surface area contributed by atoms with Crippen LogP contribution in [0.15, 0.2) is 28.8 Å². The number of aliphatic imine (C=N–C) groups is 1. The Morgan fingerprint density at radius 3 is 2.67 bits per heavy atom. The monoisotopic (exact) mass is 474 g/mol. The van der Waals surface area contributed by atoms with E-state index < -0.39 is 5.91 Å². The summed E-state index contributed by atoms with van der Waals surface area (Å²) in [5.41, 5.74) is 7.50. The largest absolute Gasteiger partial charge is 0.507 e. The molecular weight excluding hydrogens is 440 g/mol. The molecule has 0 aromatic heterocycles. The summed E-state index contributed by atoms with van der Waals surface area (Å²) in [6.45, 7) is 9.91. The quantitative estimate of drug-likeness (QED) is 0.411. The van der Waals surface area contributed by atoms with Crippen LogP contribution in [-0.4, -0.2) is 36.7 Å². The normalized spacial score (nSPS) is 24.1. The predicted octanol–water partition coefficient (Wildman–Crippen LogP) is 4.95. The summed E-state index contributed by atoms with van der Waals surface area (Å²) in [6.07, 6.45) is 9.51. The first-order valence-corrected chi connectivity index (χ1v) is 11.6. The van der Waals surface area contributed by atoms with E-state index in [1.54, 1.807) is 6.92 Å². The summed E-state index contributed by atoms with van der Waals surface area (Å²) in [4.78, 5) is 27.3. The third-order valence-corrected chi connectivity index (χ3v) is 7.51. The van der Waals surface area contributed by atoms with Crippen LogP contribution in [0, 0.1) is 24.2 Å².